The van der Waals surface area contributed by atoms with Crippen molar-refractivity contribution in [2.45, 2.75) is 294 Å². The van der Waals surface area contributed by atoms with Crippen LogP contribution in [0.4, 0.5) is 0 Å². The molecule has 0 spiro atoms. The number of aromatic nitrogens is 1. The number of rotatable bonds is 44. The maximum atomic E-state index is 2.88. The van der Waals surface area contributed by atoms with E-state index < -0.39 is 36.8 Å². The third kappa shape index (κ3) is 19.8. The normalized spacial score (nSPS) is 12.8. The first-order chi connectivity index (χ1) is 35.9. The third-order valence-corrected chi connectivity index (χ3v) is 56.4. The van der Waals surface area contributed by atoms with Crippen molar-refractivity contribution in [2.75, 3.05) is 0 Å². The molecule has 73 heavy (non-hydrogen) atoms. The number of unbranched alkanes of at least 4 members (excludes halogenated alkanes) is 22. The molecule has 1 unspecified atom stereocenters. The maximum absolute atomic E-state index is 2.88. The van der Waals surface area contributed by atoms with Crippen molar-refractivity contribution in [3.63, 3.8) is 0 Å². The minimum atomic E-state index is -2.54. The summed E-state index contributed by atoms with van der Waals surface area (Å²) in [6, 6.07) is 25.9. The molecular weight excluding hydrogens is 1130 g/mol. The molecule has 0 aliphatic rings. The molecule has 0 aliphatic heterocycles. The molecule has 410 valence electrons. The van der Waals surface area contributed by atoms with E-state index in [1.54, 1.807) is 26.6 Å². The monoisotopic (exact) mass is 1250 g/mol. The molecule has 0 N–H and O–H groups in total. The summed E-state index contributed by atoms with van der Waals surface area (Å²) in [5.41, 5.74) is 5.90. The van der Waals surface area contributed by atoms with Crippen LogP contribution in [0, 0.1) is 5.92 Å². The van der Waals surface area contributed by atoms with Gasteiger partial charge in [-0.2, -0.15) is 0 Å². The van der Waals surface area contributed by atoms with Crippen LogP contribution in [0.25, 0.3) is 42.7 Å². The Hall–Kier alpha value is -0.763. The van der Waals surface area contributed by atoms with Gasteiger partial charge in [0.2, 0.25) is 0 Å². The molecule has 0 bridgehead atoms. The van der Waals surface area contributed by atoms with Crippen molar-refractivity contribution in [1.29, 1.82) is 0 Å². The summed E-state index contributed by atoms with van der Waals surface area (Å²) in [6.45, 7) is 20.4. The van der Waals surface area contributed by atoms with Gasteiger partial charge in [0.25, 0.3) is 0 Å². The molecule has 3 aromatic heterocycles. The van der Waals surface area contributed by atoms with Gasteiger partial charge in [0, 0.05) is 0 Å². The molecule has 0 amide bonds. The Bertz CT molecular complexity index is 2020. The Morgan fingerprint density at radius 3 is 0.959 bits per heavy atom. The van der Waals surface area contributed by atoms with Gasteiger partial charge in [-0.1, -0.05) is 104 Å². The van der Waals surface area contributed by atoms with Crippen molar-refractivity contribution in [1.82, 2.24) is 4.57 Å². The molecule has 1 nitrogen and oxygen atoms in total. The first-order valence-corrected chi connectivity index (χ1v) is 48.7. The summed E-state index contributed by atoms with van der Waals surface area (Å²) in [5, 5.41) is 2.94. The van der Waals surface area contributed by atoms with Gasteiger partial charge in [-0.15, -0.1) is 0 Å². The molecule has 0 saturated heterocycles. The first-order valence-electron chi connectivity index (χ1n) is 32.1. The second kappa shape index (κ2) is 36.4. The molecule has 5 heteroatoms. The van der Waals surface area contributed by atoms with Crippen molar-refractivity contribution >= 4 is 87.0 Å². The Labute approximate surface area is 468 Å². The molecule has 0 fully saturated rings. The summed E-state index contributed by atoms with van der Waals surface area (Å²) >= 11 is -0.613. The molecule has 0 aliphatic carbocycles. The number of fused-ring (bicyclic) bond motifs is 3. The van der Waals surface area contributed by atoms with Gasteiger partial charge in [0.15, 0.2) is 0 Å². The molecule has 2 aromatic carbocycles. The molecule has 0 saturated carbocycles. The quantitative estimate of drug-likeness (QED) is 0.0271. The van der Waals surface area contributed by atoms with E-state index in [1.807, 2.05) is 5.79 Å². The van der Waals surface area contributed by atoms with E-state index in [9.17, 15) is 0 Å². The minimum absolute atomic E-state index is 0.720. The predicted molar refractivity (Wildman–Crippen MR) is 342 cm³/mol. The summed E-state index contributed by atoms with van der Waals surface area (Å²) in [5.74, 6) is 0.720. The van der Waals surface area contributed by atoms with Gasteiger partial charge in [0.1, 0.15) is 0 Å². The van der Waals surface area contributed by atoms with E-state index in [2.05, 4.69) is 143 Å². The van der Waals surface area contributed by atoms with Crippen LogP contribution in [-0.2, 0) is 6.54 Å². The van der Waals surface area contributed by atoms with Crippen LogP contribution in [0.15, 0.2) is 60.7 Å². The summed E-state index contributed by atoms with van der Waals surface area (Å²) in [4.78, 5) is 3.05. The zero-order valence-electron chi connectivity index (χ0n) is 49.2. The van der Waals surface area contributed by atoms with Crippen LogP contribution in [0.3, 0.4) is 0 Å². The summed E-state index contributed by atoms with van der Waals surface area (Å²) in [6.07, 6.45) is 44.8. The number of benzene rings is 2. The Morgan fingerprint density at radius 1 is 0.342 bits per heavy atom. The van der Waals surface area contributed by atoms with Gasteiger partial charge >= 0.3 is 369 Å². The average molecular weight is 1250 g/mol. The fourth-order valence-electron chi connectivity index (χ4n) is 12.8. The van der Waals surface area contributed by atoms with Crippen LogP contribution >= 0.6 is 22.7 Å². The standard InChI is InChI=1S/C44H59NS2.6C4H9.2Sn/c1-3-5-7-9-11-13-14-16-18-20-24-36(23-19-17-15-12-10-8-6-4-2)35-45-41-33-37(43-25-21-31-46-43)27-29-39(41)40-30-28-38(34-42(40)45)44-26-22-32-47-44;6*1-3-4-2;;/h21-22,25-30,33-34,36H,3-20,23-24,35H2,1-2H3;6*1,3-4H2,2H3;;. The van der Waals surface area contributed by atoms with Gasteiger partial charge in [-0.25, -0.2) is 0 Å². The number of hydrogen-bond donors (Lipinski definition) is 0. The average Bonchev–Trinajstić information content (AvgIpc) is 4.19. The fraction of sp³-hybridized carbons (Fsp3) is 0.706. The van der Waals surface area contributed by atoms with Gasteiger partial charge in [-0.3, -0.25) is 0 Å². The Kier molecular flexibility index (Phi) is 31.5. The van der Waals surface area contributed by atoms with Gasteiger partial charge in [-0.05, 0) is 0 Å². The van der Waals surface area contributed by atoms with Crippen LogP contribution in [-0.4, -0.2) is 41.3 Å². The van der Waals surface area contributed by atoms with E-state index in [0.29, 0.717) is 0 Å². The van der Waals surface area contributed by atoms with E-state index >= 15 is 0 Å². The SMILES string of the molecule is CCCCCCCCCCCCC(CCCCCCCCCC)Cn1c2cc(-c3cc[c]([Sn]([CH2]CCC)([CH2]CCC)[CH2]CCC)s3)ccc2c2ccc(-c3cc[c]([Sn]([CH2]CCC)([CH2]CCC)[CH2]CCC)s3)cc21. The van der Waals surface area contributed by atoms with Crippen molar-refractivity contribution in [3.05, 3.63) is 60.7 Å². The van der Waals surface area contributed by atoms with Gasteiger partial charge < -0.3 is 0 Å². The van der Waals surface area contributed by atoms with E-state index in [4.69, 9.17) is 0 Å². The number of nitrogens with zero attached hydrogens (tertiary/aromatic N) is 1. The van der Waals surface area contributed by atoms with Crippen LogP contribution in [0.5, 0.6) is 0 Å². The molecule has 3 heterocycles. The third-order valence-electron chi connectivity index (χ3n) is 17.6. The Balaban J connectivity index is 1.56. The topological polar surface area (TPSA) is 4.93 Å². The van der Waals surface area contributed by atoms with Crippen LogP contribution < -0.4 is 5.79 Å². The van der Waals surface area contributed by atoms with Crippen LogP contribution in [0.1, 0.15) is 261 Å². The second-order valence-electron chi connectivity index (χ2n) is 23.7. The van der Waals surface area contributed by atoms with E-state index in [-0.39, 0.29) is 0 Å². The Morgan fingerprint density at radius 2 is 0.644 bits per heavy atom. The molecule has 5 rings (SSSR count). The zero-order valence-corrected chi connectivity index (χ0v) is 56.5. The molecule has 1 atom stereocenters. The summed E-state index contributed by atoms with van der Waals surface area (Å²) in [7, 11) is 0. The van der Waals surface area contributed by atoms with E-state index in [0.717, 1.165) is 12.5 Å². The predicted octanol–water partition coefficient (Wildman–Crippen LogP) is 23.8. The van der Waals surface area contributed by atoms with Gasteiger partial charge in [0.05, 0.1) is 0 Å². The zero-order chi connectivity index (χ0) is 52.0. The first kappa shape index (κ1) is 63.1. The fourth-order valence-corrected chi connectivity index (χ4v) is 53.1. The second-order valence-corrected chi connectivity index (χ2v) is 54.2. The van der Waals surface area contributed by atoms with Crippen LogP contribution in [0.2, 0.25) is 26.6 Å². The molecule has 0 radical (unpaired) electrons. The number of thiophene rings is 2. The van der Waals surface area contributed by atoms with E-state index in [1.165, 1.54) is 248 Å². The number of hydrogen-bond acceptors (Lipinski definition) is 2. The van der Waals surface area contributed by atoms with Crippen molar-refractivity contribution < 1.29 is 0 Å². The van der Waals surface area contributed by atoms with Crippen molar-refractivity contribution in [3.8, 4) is 20.9 Å². The molecule has 5 aromatic rings. The summed E-state index contributed by atoms with van der Waals surface area (Å²) < 4.78 is 15.9. The van der Waals surface area contributed by atoms with Crippen molar-refractivity contribution in [2.24, 2.45) is 5.92 Å². The molecular formula is C68H113NS2Sn2.